The summed E-state index contributed by atoms with van der Waals surface area (Å²) in [4.78, 5) is 12.1. The van der Waals surface area contributed by atoms with Gasteiger partial charge in [-0.25, -0.2) is 0 Å². The lowest BCUT2D eigenvalue weighted by Gasteiger charge is -2.06. The van der Waals surface area contributed by atoms with E-state index in [1.54, 1.807) is 30.3 Å². The van der Waals surface area contributed by atoms with Crippen LogP contribution in [-0.2, 0) is 0 Å². The molecule has 2 aromatic carbocycles. The molecule has 0 atom stereocenters. The van der Waals surface area contributed by atoms with Crippen molar-refractivity contribution in [1.29, 1.82) is 0 Å². The second kappa shape index (κ2) is 9.56. The van der Waals surface area contributed by atoms with E-state index in [-0.39, 0.29) is 5.78 Å². The molecule has 0 fully saturated rings. The molecule has 0 radical (unpaired) electrons. The van der Waals surface area contributed by atoms with Crippen molar-refractivity contribution in [3.63, 3.8) is 0 Å². The number of hydrogen-bond donors (Lipinski definition) is 1. The fourth-order valence-corrected chi connectivity index (χ4v) is 2.31. The van der Waals surface area contributed by atoms with Gasteiger partial charge >= 0.3 is 0 Å². The van der Waals surface area contributed by atoms with Crippen LogP contribution >= 0.6 is 0 Å². The second-order valence-corrected chi connectivity index (χ2v) is 5.80. The minimum Gasteiger partial charge on any atom is -0.494 e. The average Bonchev–Trinajstić information content (AvgIpc) is 2.61. The van der Waals surface area contributed by atoms with Gasteiger partial charge in [0.05, 0.1) is 6.61 Å². The van der Waals surface area contributed by atoms with Crippen LogP contribution in [0.15, 0.2) is 54.6 Å². The molecule has 0 heterocycles. The van der Waals surface area contributed by atoms with Crippen LogP contribution in [0.25, 0.3) is 6.08 Å². The summed E-state index contributed by atoms with van der Waals surface area (Å²) in [6.45, 7) is 2.95. The first-order chi connectivity index (χ1) is 11.7. The van der Waals surface area contributed by atoms with Gasteiger partial charge in [-0.15, -0.1) is 0 Å². The number of nitrogen functional groups attached to an aromatic ring is 1. The van der Waals surface area contributed by atoms with E-state index in [1.807, 2.05) is 30.3 Å². The predicted octanol–water partition coefficient (Wildman–Crippen LogP) is 5.12. The molecular weight excluding hydrogens is 298 g/mol. The zero-order valence-corrected chi connectivity index (χ0v) is 14.2. The molecule has 0 aliphatic carbocycles. The molecule has 0 aromatic heterocycles. The summed E-state index contributed by atoms with van der Waals surface area (Å²) < 4.78 is 5.71. The van der Waals surface area contributed by atoms with Crippen LogP contribution in [-0.4, -0.2) is 12.4 Å². The lowest BCUT2D eigenvalue weighted by Crippen LogP contribution is -1.97. The Balaban J connectivity index is 1.84. The second-order valence-electron chi connectivity index (χ2n) is 5.80. The Kier molecular flexibility index (Phi) is 7.09. The highest BCUT2D eigenvalue weighted by Crippen LogP contribution is 2.15. The van der Waals surface area contributed by atoms with Crippen LogP contribution in [0.4, 0.5) is 5.69 Å². The quantitative estimate of drug-likeness (QED) is 0.301. The highest BCUT2D eigenvalue weighted by Gasteiger charge is 2.01. The molecule has 0 aliphatic heterocycles. The predicted molar refractivity (Wildman–Crippen MR) is 100 cm³/mol. The topological polar surface area (TPSA) is 52.3 Å². The van der Waals surface area contributed by atoms with Crippen molar-refractivity contribution in [3.8, 4) is 5.75 Å². The number of hydrogen-bond acceptors (Lipinski definition) is 3. The average molecular weight is 323 g/mol. The number of rotatable bonds is 9. The lowest BCUT2D eigenvalue weighted by atomic mass is 10.1. The first-order valence-corrected chi connectivity index (χ1v) is 8.50. The minimum atomic E-state index is -0.0359. The Labute approximate surface area is 144 Å². The third kappa shape index (κ3) is 5.92. The van der Waals surface area contributed by atoms with Gasteiger partial charge in [-0.3, -0.25) is 4.79 Å². The molecule has 0 unspecified atom stereocenters. The smallest absolute Gasteiger partial charge is 0.185 e. The van der Waals surface area contributed by atoms with Gasteiger partial charge in [-0.1, -0.05) is 44.4 Å². The van der Waals surface area contributed by atoms with Crippen molar-refractivity contribution in [3.05, 3.63) is 65.7 Å². The first kappa shape index (κ1) is 17.8. The number of carbonyl (C=O) groups is 1. The van der Waals surface area contributed by atoms with Crippen LogP contribution in [0.2, 0.25) is 0 Å². The number of carbonyl (C=O) groups excluding carboxylic acids is 1. The van der Waals surface area contributed by atoms with Crippen LogP contribution in [0, 0.1) is 0 Å². The van der Waals surface area contributed by atoms with Crippen molar-refractivity contribution in [2.45, 2.75) is 32.6 Å². The summed E-state index contributed by atoms with van der Waals surface area (Å²) in [5.41, 5.74) is 7.88. The van der Waals surface area contributed by atoms with E-state index in [9.17, 15) is 4.79 Å². The van der Waals surface area contributed by atoms with Crippen LogP contribution in [0.1, 0.15) is 48.5 Å². The molecule has 3 nitrogen and oxygen atoms in total. The Morgan fingerprint density at radius 3 is 2.38 bits per heavy atom. The van der Waals surface area contributed by atoms with Gasteiger partial charge in [0, 0.05) is 11.3 Å². The number of anilines is 1. The maximum absolute atomic E-state index is 12.1. The van der Waals surface area contributed by atoms with Crippen molar-refractivity contribution < 1.29 is 9.53 Å². The Morgan fingerprint density at radius 1 is 1.00 bits per heavy atom. The fourth-order valence-electron chi connectivity index (χ4n) is 2.31. The fraction of sp³-hybridized carbons (Fsp3) is 0.286. The van der Waals surface area contributed by atoms with Gasteiger partial charge in [-0.05, 0) is 54.5 Å². The summed E-state index contributed by atoms with van der Waals surface area (Å²) in [7, 11) is 0. The first-order valence-electron chi connectivity index (χ1n) is 8.50. The van der Waals surface area contributed by atoms with Crippen LogP contribution < -0.4 is 10.5 Å². The number of allylic oxidation sites excluding steroid dienone is 1. The number of ether oxygens (including phenoxy) is 1. The molecule has 3 heteroatoms. The molecule has 2 rings (SSSR count). The third-order valence-electron chi connectivity index (χ3n) is 3.77. The Hall–Kier alpha value is -2.55. The van der Waals surface area contributed by atoms with E-state index < -0.39 is 0 Å². The molecule has 2 aromatic rings. The van der Waals surface area contributed by atoms with E-state index in [1.165, 1.54) is 19.3 Å². The molecule has 0 saturated carbocycles. The molecule has 0 bridgehead atoms. The van der Waals surface area contributed by atoms with E-state index in [2.05, 4.69) is 6.92 Å². The molecule has 0 aliphatic rings. The molecular formula is C21H25NO2. The zero-order chi connectivity index (χ0) is 17.2. The third-order valence-corrected chi connectivity index (χ3v) is 3.77. The molecule has 0 saturated heterocycles. The van der Waals surface area contributed by atoms with Gasteiger partial charge in [0.15, 0.2) is 5.78 Å². The van der Waals surface area contributed by atoms with Crippen LogP contribution in [0.5, 0.6) is 5.75 Å². The van der Waals surface area contributed by atoms with Gasteiger partial charge < -0.3 is 10.5 Å². The van der Waals surface area contributed by atoms with E-state index in [0.717, 1.165) is 24.3 Å². The Bertz CT molecular complexity index is 657. The van der Waals surface area contributed by atoms with Gasteiger partial charge in [-0.2, -0.15) is 0 Å². The monoisotopic (exact) mass is 323 g/mol. The van der Waals surface area contributed by atoms with Crippen molar-refractivity contribution in [2.75, 3.05) is 12.3 Å². The number of ketones is 1. The van der Waals surface area contributed by atoms with Gasteiger partial charge in [0.2, 0.25) is 0 Å². The molecule has 126 valence electrons. The van der Waals surface area contributed by atoms with E-state index >= 15 is 0 Å². The van der Waals surface area contributed by atoms with Crippen molar-refractivity contribution in [2.24, 2.45) is 0 Å². The number of unbranched alkanes of at least 4 members (excludes halogenated alkanes) is 3. The van der Waals surface area contributed by atoms with Gasteiger partial charge in [0.25, 0.3) is 0 Å². The summed E-state index contributed by atoms with van der Waals surface area (Å²) in [6, 6.07) is 14.7. The SMILES string of the molecule is CCCCCCOc1ccc(C=CC(=O)c2ccc(N)cc2)cc1. The number of nitrogens with two attached hydrogens (primary N) is 1. The van der Waals surface area contributed by atoms with E-state index in [0.29, 0.717) is 11.3 Å². The molecule has 24 heavy (non-hydrogen) atoms. The van der Waals surface area contributed by atoms with Crippen molar-refractivity contribution >= 4 is 17.5 Å². The van der Waals surface area contributed by atoms with Gasteiger partial charge in [0.1, 0.15) is 5.75 Å². The lowest BCUT2D eigenvalue weighted by molar-refractivity contribution is 0.104. The standard InChI is InChI=1S/C21H25NO2/c1-2-3-4-5-16-24-20-13-6-17(7-14-20)8-15-21(23)18-9-11-19(22)12-10-18/h6-15H,2-5,16,22H2,1H3. The highest BCUT2D eigenvalue weighted by atomic mass is 16.5. The maximum atomic E-state index is 12.1. The van der Waals surface area contributed by atoms with Crippen molar-refractivity contribution in [1.82, 2.24) is 0 Å². The zero-order valence-electron chi connectivity index (χ0n) is 14.2. The highest BCUT2D eigenvalue weighted by molar-refractivity contribution is 6.06. The molecule has 0 spiro atoms. The maximum Gasteiger partial charge on any atom is 0.185 e. The van der Waals surface area contributed by atoms with E-state index in [4.69, 9.17) is 10.5 Å². The van der Waals surface area contributed by atoms with Crippen LogP contribution in [0.3, 0.4) is 0 Å². The summed E-state index contributed by atoms with van der Waals surface area (Å²) in [5.74, 6) is 0.833. The normalized spacial score (nSPS) is 10.9. The Morgan fingerprint density at radius 2 is 1.71 bits per heavy atom. The largest absolute Gasteiger partial charge is 0.494 e. The molecule has 0 amide bonds. The number of benzene rings is 2. The summed E-state index contributed by atoms with van der Waals surface area (Å²) in [6.07, 6.45) is 8.18. The molecule has 2 N–H and O–H groups in total. The minimum absolute atomic E-state index is 0.0359. The summed E-state index contributed by atoms with van der Waals surface area (Å²) in [5, 5.41) is 0. The summed E-state index contributed by atoms with van der Waals surface area (Å²) >= 11 is 0.